The van der Waals surface area contributed by atoms with Crippen molar-refractivity contribution in [2.24, 2.45) is 0 Å². The lowest BCUT2D eigenvalue weighted by Crippen LogP contribution is -1.92. The Morgan fingerprint density at radius 2 is 1.86 bits per heavy atom. The van der Waals surface area contributed by atoms with Gasteiger partial charge in [-0.2, -0.15) is 5.26 Å². The van der Waals surface area contributed by atoms with E-state index in [1.165, 1.54) is 0 Å². The van der Waals surface area contributed by atoms with Crippen molar-refractivity contribution in [2.45, 2.75) is 6.92 Å². The van der Waals surface area contributed by atoms with Gasteiger partial charge in [0.2, 0.25) is 0 Å². The number of nitriles is 1. The zero-order valence-corrected chi connectivity index (χ0v) is 12.6. The number of fused-ring (bicyclic) bond motifs is 1. The molecule has 5 nitrogen and oxygen atoms in total. The highest BCUT2D eigenvalue weighted by Crippen LogP contribution is 2.33. The highest BCUT2D eigenvalue weighted by molar-refractivity contribution is 5.72. The summed E-state index contributed by atoms with van der Waals surface area (Å²) in [5.41, 5.74) is 3.77. The molecule has 1 aromatic carbocycles. The summed E-state index contributed by atoms with van der Waals surface area (Å²) < 4.78 is 12.4. The number of aryl methyl sites for hydroxylation is 1. The SMILES string of the molecule is COc1ccc(-c2nc3ccc(C)cn3c2C#N)cc1OC. The second-order valence-corrected chi connectivity index (χ2v) is 4.93. The Kier molecular flexibility index (Phi) is 3.43. The molecule has 0 aliphatic heterocycles. The van der Waals surface area contributed by atoms with Gasteiger partial charge in [0.1, 0.15) is 17.4 Å². The predicted molar refractivity (Wildman–Crippen MR) is 83.2 cm³/mol. The minimum absolute atomic E-state index is 0.505. The fourth-order valence-corrected chi connectivity index (χ4v) is 2.44. The lowest BCUT2D eigenvalue weighted by molar-refractivity contribution is 0.355. The summed E-state index contributed by atoms with van der Waals surface area (Å²) in [7, 11) is 3.17. The zero-order chi connectivity index (χ0) is 15.7. The summed E-state index contributed by atoms with van der Waals surface area (Å²) in [6, 6.07) is 11.6. The summed E-state index contributed by atoms with van der Waals surface area (Å²) in [4.78, 5) is 4.57. The molecule has 0 bridgehead atoms. The van der Waals surface area contributed by atoms with Crippen LogP contribution in [0.2, 0.25) is 0 Å². The first-order chi connectivity index (χ1) is 10.7. The van der Waals surface area contributed by atoms with Crippen LogP contribution < -0.4 is 9.47 Å². The molecule has 2 heterocycles. The van der Waals surface area contributed by atoms with Gasteiger partial charge in [0.15, 0.2) is 17.2 Å². The number of methoxy groups -OCH3 is 2. The van der Waals surface area contributed by atoms with Crippen molar-refractivity contribution in [3.05, 3.63) is 47.8 Å². The highest BCUT2D eigenvalue weighted by Gasteiger charge is 2.15. The molecule has 0 radical (unpaired) electrons. The largest absolute Gasteiger partial charge is 0.493 e. The fourth-order valence-electron chi connectivity index (χ4n) is 2.44. The van der Waals surface area contributed by atoms with Gasteiger partial charge in [0.05, 0.1) is 14.2 Å². The Balaban J connectivity index is 2.24. The molecular formula is C17H15N3O2. The Bertz CT molecular complexity index is 891. The van der Waals surface area contributed by atoms with Crippen molar-refractivity contribution >= 4 is 5.65 Å². The van der Waals surface area contributed by atoms with Crippen LogP contribution in [0.3, 0.4) is 0 Å². The second kappa shape index (κ2) is 5.41. The van der Waals surface area contributed by atoms with Crippen molar-refractivity contribution in [1.82, 2.24) is 9.38 Å². The number of aromatic nitrogens is 2. The summed E-state index contributed by atoms with van der Waals surface area (Å²) in [6.07, 6.45) is 1.91. The lowest BCUT2D eigenvalue weighted by atomic mass is 10.1. The molecule has 0 aliphatic carbocycles. The molecule has 110 valence electrons. The highest BCUT2D eigenvalue weighted by atomic mass is 16.5. The van der Waals surface area contributed by atoms with Crippen LogP contribution in [-0.4, -0.2) is 23.6 Å². The van der Waals surface area contributed by atoms with Gasteiger partial charge in [-0.15, -0.1) is 0 Å². The van der Waals surface area contributed by atoms with E-state index in [1.54, 1.807) is 18.6 Å². The molecule has 0 fully saturated rings. The minimum atomic E-state index is 0.505. The van der Waals surface area contributed by atoms with Gasteiger partial charge >= 0.3 is 0 Å². The lowest BCUT2D eigenvalue weighted by Gasteiger charge is -2.08. The fraction of sp³-hybridized carbons (Fsp3) is 0.176. The summed E-state index contributed by atoms with van der Waals surface area (Å²) in [5.74, 6) is 1.25. The van der Waals surface area contributed by atoms with Gasteiger partial charge in [-0.3, -0.25) is 4.40 Å². The molecule has 0 saturated heterocycles. The number of imidazole rings is 1. The van der Waals surface area contributed by atoms with E-state index >= 15 is 0 Å². The average molecular weight is 293 g/mol. The number of benzene rings is 1. The summed E-state index contributed by atoms with van der Waals surface area (Å²) >= 11 is 0. The van der Waals surface area contributed by atoms with Crippen LogP contribution in [0.4, 0.5) is 0 Å². The maximum atomic E-state index is 9.52. The Morgan fingerprint density at radius 3 is 2.55 bits per heavy atom. The van der Waals surface area contributed by atoms with Crippen molar-refractivity contribution in [2.75, 3.05) is 14.2 Å². The molecule has 22 heavy (non-hydrogen) atoms. The van der Waals surface area contributed by atoms with Crippen molar-refractivity contribution < 1.29 is 9.47 Å². The second-order valence-electron chi connectivity index (χ2n) is 4.93. The number of pyridine rings is 1. The number of ether oxygens (including phenoxy) is 2. The first-order valence-electron chi connectivity index (χ1n) is 6.79. The molecule has 0 N–H and O–H groups in total. The molecule has 5 heteroatoms. The van der Waals surface area contributed by atoms with E-state index < -0.39 is 0 Å². The Hall–Kier alpha value is -3.00. The van der Waals surface area contributed by atoms with E-state index in [0.717, 1.165) is 16.8 Å². The topological polar surface area (TPSA) is 59.5 Å². The number of hydrogen-bond acceptors (Lipinski definition) is 4. The van der Waals surface area contributed by atoms with Gasteiger partial charge in [-0.1, -0.05) is 6.07 Å². The van der Waals surface area contributed by atoms with Crippen molar-refractivity contribution in [3.8, 4) is 28.8 Å². The molecule has 2 aromatic heterocycles. The third-order valence-corrected chi connectivity index (χ3v) is 3.53. The molecule has 0 saturated carbocycles. The van der Waals surface area contributed by atoms with E-state index in [4.69, 9.17) is 9.47 Å². The van der Waals surface area contributed by atoms with Crippen LogP contribution in [0.15, 0.2) is 36.5 Å². The molecule has 0 atom stereocenters. The normalized spacial score (nSPS) is 10.5. The predicted octanol–water partition coefficient (Wildman–Crippen LogP) is 3.20. The Morgan fingerprint density at radius 1 is 1.09 bits per heavy atom. The summed E-state index contributed by atoms with van der Waals surface area (Å²) in [5, 5.41) is 9.52. The van der Waals surface area contributed by atoms with E-state index in [2.05, 4.69) is 11.1 Å². The smallest absolute Gasteiger partial charge is 0.161 e. The molecule has 0 spiro atoms. The molecule has 3 rings (SSSR count). The molecule has 3 aromatic rings. The number of hydrogen-bond donors (Lipinski definition) is 0. The summed E-state index contributed by atoms with van der Waals surface area (Å²) in [6.45, 7) is 1.98. The quantitative estimate of drug-likeness (QED) is 0.744. The monoisotopic (exact) mass is 293 g/mol. The minimum Gasteiger partial charge on any atom is -0.493 e. The van der Waals surface area contributed by atoms with Gasteiger partial charge in [0, 0.05) is 11.8 Å². The maximum absolute atomic E-state index is 9.52. The van der Waals surface area contributed by atoms with E-state index in [0.29, 0.717) is 22.9 Å². The van der Waals surface area contributed by atoms with Crippen molar-refractivity contribution in [3.63, 3.8) is 0 Å². The van der Waals surface area contributed by atoms with Crippen LogP contribution in [0.1, 0.15) is 11.3 Å². The molecular weight excluding hydrogens is 278 g/mol. The molecule has 0 amide bonds. The van der Waals surface area contributed by atoms with Crippen molar-refractivity contribution in [1.29, 1.82) is 5.26 Å². The van der Waals surface area contributed by atoms with E-state index in [-0.39, 0.29) is 0 Å². The third kappa shape index (κ3) is 2.15. The first-order valence-corrected chi connectivity index (χ1v) is 6.79. The van der Waals surface area contributed by atoms with E-state index in [9.17, 15) is 5.26 Å². The molecule has 0 aliphatic rings. The van der Waals surface area contributed by atoms with Crippen LogP contribution in [0.25, 0.3) is 16.9 Å². The van der Waals surface area contributed by atoms with Crippen LogP contribution in [0.5, 0.6) is 11.5 Å². The van der Waals surface area contributed by atoms with Crippen LogP contribution in [0, 0.1) is 18.3 Å². The standard InChI is InChI=1S/C17H15N3O2/c1-11-4-7-16-19-17(13(9-18)20(16)10-11)12-5-6-14(21-2)15(8-12)22-3/h4-8,10H,1-3H3. The van der Waals surface area contributed by atoms with Gasteiger partial charge < -0.3 is 9.47 Å². The molecule has 0 unspecified atom stereocenters. The zero-order valence-electron chi connectivity index (χ0n) is 12.6. The first kappa shape index (κ1) is 14.0. The van der Waals surface area contributed by atoms with Gasteiger partial charge in [-0.05, 0) is 36.8 Å². The number of rotatable bonds is 3. The third-order valence-electron chi connectivity index (χ3n) is 3.53. The van der Waals surface area contributed by atoms with Crippen LogP contribution in [-0.2, 0) is 0 Å². The average Bonchev–Trinajstić information content (AvgIpc) is 2.91. The maximum Gasteiger partial charge on any atom is 0.161 e. The number of nitrogens with zero attached hydrogens (tertiary/aromatic N) is 3. The van der Waals surface area contributed by atoms with Gasteiger partial charge in [0.25, 0.3) is 0 Å². The van der Waals surface area contributed by atoms with Gasteiger partial charge in [-0.25, -0.2) is 4.98 Å². The Labute approximate surface area is 128 Å². The van der Waals surface area contributed by atoms with Crippen LogP contribution >= 0.6 is 0 Å². The van der Waals surface area contributed by atoms with E-state index in [1.807, 2.05) is 43.5 Å².